The summed E-state index contributed by atoms with van der Waals surface area (Å²) < 4.78 is 10.6. The van der Waals surface area contributed by atoms with E-state index in [0.717, 1.165) is 36.0 Å². The molecule has 0 fully saturated rings. The highest BCUT2D eigenvalue weighted by molar-refractivity contribution is 7.95. The van der Waals surface area contributed by atoms with Crippen molar-refractivity contribution >= 4 is 24.1 Å². The first-order chi connectivity index (χ1) is 14.0. The molecule has 0 aliphatic carbocycles. The van der Waals surface area contributed by atoms with Gasteiger partial charge in [-0.25, -0.2) is 4.79 Å². The van der Waals surface area contributed by atoms with Gasteiger partial charge in [0.2, 0.25) is 0 Å². The van der Waals surface area contributed by atoms with E-state index in [0.29, 0.717) is 18.8 Å². The third-order valence-electron chi connectivity index (χ3n) is 4.18. The summed E-state index contributed by atoms with van der Waals surface area (Å²) in [5, 5.41) is 2.35. The number of carbonyl (C=O) groups is 2. The van der Waals surface area contributed by atoms with E-state index in [4.69, 9.17) is 8.92 Å². The largest absolute Gasteiger partial charge is 0.445 e. The molecule has 0 aliphatic rings. The molecular formula is C23H29NO4S. The molecule has 2 aromatic carbocycles. The maximum absolute atomic E-state index is 12.2. The highest BCUT2D eigenvalue weighted by Crippen LogP contribution is 2.18. The van der Waals surface area contributed by atoms with Crippen LogP contribution in [0.2, 0.25) is 0 Å². The van der Waals surface area contributed by atoms with Crippen molar-refractivity contribution in [2.24, 2.45) is 5.92 Å². The van der Waals surface area contributed by atoms with Crippen LogP contribution in [0.5, 0.6) is 0 Å². The Labute approximate surface area is 177 Å². The van der Waals surface area contributed by atoms with Gasteiger partial charge in [0.15, 0.2) is 0 Å². The Hall–Kier alpha value is -2.47. The second-order valence-corrected chi connectivity index (χ2v) is 8.15. The molecule has 0 saturated heterocycles. The summed E-state index contributed by atoms with van der Waals surface area (Å²) >= 11 is 0.972. The summed E-state index contributed by atoms with van der Waals surface area (Å²) in [6.45, 7) is 4.44. The van der Waals surface area contributed by atoms with Crippen LogP contribution < -0.4 is 5.32 Å². The number of alkyl carbamates (subject to hydrolysis) is 1. The number of amides is 1. The van der Waals surface area contributed by atoms with E-state index in [2.05, 4.69) is 19.2 Å². The number of hydrogen-bond donors (Lipinski definition) is 1. The van der Waals surface area contributed by atoms with Crippen molar-refractivity contribution in [3.05, 3.63) is 71.8 Å². The number of nitrogens with one attached hydrogen (secondary N) is 1. The third-order valence-corrected chi connectivity index (χ3v) is 4.97. The van der Waals surface area contributed by atoms with Crippen molar-refractivity contribution in [1.82, 2.24) is 5.32 Å². The number of ether oxygens (including phenoxy) is 1. The molecule has 1 atom stereocenters. The first-order valence-electron chi connectivity index (χ1n) is 9.90. The molecule has 0 aromatic heterocycles. The summed E-state index contributed by atoms with van der Waals surface area (Å²) in [6, 6.07) is 19.2. The Balaban J connectivity index is 1.85. The van der Waals surface area contributed by atoms with E-state index < -0.39 is 11.5 Å². The smallest absolute Gasteiger partial charge is 0.408 e. The van der Waals surface area contributed by atoms with Gasteiger partial charge in [0.1, 0.15) is 12.0 Å². The van der Waals surface area contributed by atoms with Gasteiger partial charge in [-0.05, 0) is 23.5 Å². The topological polar surface area (TPSA) is 64.6 Å². The van der Waals surface area contributed by atoms with Crippen molar-refractivity contribution < 1.29 is 18.5 Å². The van der Waals surface area contributed by atoms with E-state index in [1.807, 2.05) is 60.7 Å². The lowest BCUT2D eigenvalue weighted by Crippen LogP contribution is -2.35. The van der Waals surface area contributed by atoms with E-state index in [1.54, 1.807) is 0 Å². The Morgan fingerprint density at radius 2 is 1.59 bits per heavy atom. The molecule has 156 valence electrons. The number of rotatable bonds is 11. The average molecular weight is 416 g/mol. The lowest BCUT2D eigenvalue weighted by Gasteiger charge is -2.17. The standard InChI is InChI=1S/C23H29NO4S/c1-18(2)10-9-15-22(25)28-29-21(16-19-11-5-3-6-12-19)24-23(26)27-17-20-13-7-4-8-14-20/h3-8,11-14,18,21H,9-10,15-17H2,1-2H3,(H,24,26)/t21-/m0/s1. The minimum atomic E-state index is -0.543. The molecule has 0 saturated carbocycles. The zero-order valence-electron chi connectivity index (χ0n) is 17.0. The van der Waals surface area contributed by atoms with E-state index in [-0.39, 0.29) is 12.6 Å². The van der Waals surface area contributed by atoms with Crippen molar-refractivity contribution in [3.8, 4) is 0 Å². The quantitative estimate of drug-likeness (QED) is 0.388. The van der Waals surface area contributed by atoms with Gasteiger partial charge in [0.05, 0.1) is 12.0 Å². The SMILES string of the molecule is CC(C)CCCC(=O)OS[C@@H](Cc1ccccc1)NC(=O)OCc1ccccc1. The predicted molar refractivity (Wildman–Crippen MR) is 116 cm³/mol. The molecule has 0 heterocycles. The lowest BCUT2D eigenvalue weighted by atomic mass is 10.1. The van der Waals surface area contributed by atoms with Crippen molar-refractivity contribution in [1.29, 1.82) is 0 Å². The fourth-order valence-corrected chi connectivity index (χ4v) is 3.35. The third kappa shape index (κ3) is 10.0. The van der Waals surface area contributed by atoms with Crippen LogP contribution in [0.4, 0.5) is 4.79 Å². The molecule has 29 heavy (non-hydrogen) atoms. The van der Waals surface area contributed by atoms with Crippen LogP contribution in [-0.2, 0) is 26.7 Å². The normalized spacial score (nSPS) is 11.7. The van der Waals surface area contributed by atoms with Gasteiger partial charge in [0.25, 0.3) is 0 Å². The van der Waals surface area contributed by atoms with Gasteiger partial charge in [0, 0.05) is 12.8 Å². The maximum Gasteiger partial charge on any atom is 0.408 e. The number of hydrogen-bond acceptors (Lipinski definition) is 5. The molecule has 0 unspecified atom stereocenters. The van der Waals surface area contributed by atoms with Gasteiger partial charge in [-0.1, -0.05) is 80.9 Å². The summed E-state index contributed by atoms with van der Waals surface area (Å²) in [5.74, 6) is 0.287. The van der Waals surface area contributed by atoms with E-state index in [9.17, 15) is 9.59 Å². The van der Waals surface area contributed by atoms with Gasteiger partial charge in [-0.2, -0.15) is 0 Å². The molecule has 0 bridgehead atoms. The van der Waals surface area contributed by atoms with Gasteiger partial charge in [-0.3, -0.25) is 4.79 Å². The van der Waals surface area contributed by atoms with Gasteiger partial charge < -0.3 is 14.2 Å². The van der Waals surface area contributed by atoms with E-state index >= 15 is 0 Å². The van der Waals surface area contributed by atoms with Crippen molar-refractivity contribution in [3.63, 3.8) is 0 Å². The Morgan fingerprint density at radius 3 is 2.21 bits per heavy atom. The summed E-state index contributed by atoms with van der Waals surface area (Å²) in [4.78, 5) is 24.2. The van der Waals surface area contributed by atoms with E-state index in [1.165, 1.54) is 0 Å². The molecule has 1 amide bonds. The molecular weight excluding hydrogens is 386 g/mol. The lowest BCUT2D eigenvalue weighted by molar-refractivity contribution is -0.133. The van der Waals surface area contributed by atoms with Gasteiger partial charge in [-0.15, -0.1) is 0 Å². The Kier molecular flexibility index (Phi) is 10.1. The fourth-order valence-electron chi connectivity index (χ4n) is 2.64. The van der Waals surface area contributed by atoms with Crippen LogP contribution in [0.3, 0.4) is 0 Å². The van der Waals surface area contributed by atoms with Crippen molar-refractivity contribution in [2.45, 2.75) is 51.5 Å². The summed E-state index contributed by atoms with van der Waals surface area (Å²) in [7, 11) is 0. The van der Waals surface area contributed by atoms with Crippen LogP contribution in [0.15, 0.2) is 60.7 Å². The van der Waals surface area contributed by atoms with Crippen LogP contribution in [-0.4, -0.2) is 17.4 Å². The van der Waals surface area contributed by atoms with Crippen LogP contribution in [0, 0.1) is 5.92 Å². The highest BCUT2D eigenvalue weighted by atomic mass is 32.2. The highest BCUT2D eigenvalue weighted by Gasteiger charge is 2.18. The Morgan fingerprint density at radius 1 is 0.966 bits per heavy atom. The van der Waals surface area contributed by atoms with Gasteiger partial charge >= 0.3 is 12.1 Å². The maximum atomic E-state index is 12.2. The number of benzene rings is 2. The first-order valence-corrected chi connectivity index (χ1v) is 10.7. The second-order valence-electron chi connectivity index (χ2n) is 7.22. The zero-order chi connectivity index (χ0) is 20.9. The Bertz CT molecular complexity index is 737. The molecule has 2 rings (SSSR count). The fraction of sp³-hybridized carbons (Fsp3) is 0.391. The summed E-state index contributed by atoms with van der Waals surface area (Å²) in [6.07, 6.45) is 2.13. The molecule has 5 nitrogen and oxygen atoms in total. The minimum Gasteiger partial charge on any atom is -0.445 e. The van der Waals surface area contributed by atoms with Crippen molar-refractivity contribution in [2.75, 3.05) is 0 Å². The molecule has 1 N–H and O–H groups in total. The summed E-state index contributed by atoms with van der Waals surface area (Å²) in [5.41, 5.74) is 1.94. The zero-order valence-corrected chi connectivity index (χ0v) is 17.8. The molecule has 2 aromatic rings. The van der Waals surface area contributed by atoms with Crippen LogP contribution in [0.25, 0.3) is 0 Å². The second kappa shape index (κ2) is 12.9. The average Bonchev–Trinajstić information content (AvgIpc) is 2.72. The van der Waals surface area contributed by atoms with Crippen LogP contribution in [0.1, 0.15) is 44.2 Å². The minimum absolute atomic E-state index is 0.185. The first kappa shape index (κ1) is 22.8. The molecule has 0 radical (unpaired) electrons. The monoisotopic (exact) mass is 415 g/mol. The molecule has 6 heteroatoms. The molecule has 0 aliphatic heterocycles. The number of carbonyl (C=O) groups excluding carboxylic acids is 2. The predicted octanol–water partition coefficient (Wildman–Crippen LogP) is 5.50. The molecule has 0 spiro atoms. The van der Waals surface area contributed by atoms with Crippen LogP contribution >= 0.6 is 12.0 Å².